The van der Waals surface area contributed by atoms with Crippen molar-refractivity contribution in [2.24, 2.45) is 11.8 Å². The SMILES string of the molecule is CC(C)(C)OC(=O)NCC1CC(CC(=O)O)CN(C(=O)OCC2c3ccccc3-c3ccccc32)C1. The zero-order valence-corrected chi connectivity index (χ0v) is 21.0. The van der Waals surface area contributed by atoms with Crippen LogP contribution in [0.4, 0.5) is 9.59 Å². The highest BCUT2D eigenvalue weighted by molar-refractivity contribution is 5.79. The lowest BCUT2D eigenvalue weighted by atomic mass is 9.87. The molecule has 2 aromatic carbocycles. The number of fused-ring (bicyclic) bond motifs is 3. The molecule has 36 heavy (non-hydrogen) atoms. The molecular formula is C28H34N2O6. The Bertz CT molecular complexity index is 1080. The first-order chi connectivity index (χ1) is 17.1. The zero-order chi connectivity index (χ0) is 25.9. The van der Waals surface area contributed by atoms with E-state index in [-0.39, 0.29) is 37.3 Å². The first-order valence-electron chi connectivity index (χ1n) is 12.4. The minimum Gasteiger partial charge on any atom is -0.481 e. The Morgan fingerprint density at radius 2 is 1.56 bits per heavy atom. The van der Waals surface area contributed by atoms with E-state index < -0.39 is 23.8 Å². The topological polar surface area (TPSA) is 105 Å². The molecule has 0 radical (unpaired) electrons. The molecule has 2 unspecified atom stereocenters. The first kappa shape index (κ1) is 25.5. The second kappa shape index (κ2) is 10.6. The van der Waals surface area contributed by atoms with E-state index in [1.165, 1.54) is 0 Å². The summed E-state index contributed by atoms with van der Waals surface area (Å²) < 4.78 is 11.1. The van der Waals surface area contributed by atoms with E-state index in [4.69, 9.17) is 9.47 Å². The van der Waals surface area contributed by atoms with E-state index in [2.05, 4.69) is 29.6 Å². The maximum Gasteiger partial charge on any atom is 0.409 e. The number of amides is 2. The van der Waals surface area contributed by atoms with Gasteiger partial charge >= 0.3 is 18.2 Å². The number of hydrogen-bond acceptors (Lipinski definition) is 5. The lowest BCUT2D eigenvalue weighted by Gasteiger charge is -2.37. The van der Waals surface area contributed by atoms with Gasteiger partial charge in [0.2, 0.25) is 0 Å². The number of hydrogen-bond donors (Lipinski definition) is 2. The lowest BCUT2D eigenvalue weighted by Crippen LogP contribution is -2.48. The molecule has 0 bridgehead atoms. The number of carboxylic acids is 1. The summed E-state index contributed by atoms with van der Waals surface area (Å²) in [5.41, 5.74) is 3.96. The molecule has 0 aromatic heterocycles. The van der Waals surface area contributed by atoms with E-state index in [9.17, 15) is 19.5 Å². The molecule has 2 aliphatic rings. The number of piperidine rings is 1. The van der Waals surface area contributed by atoms with Crippen LogP contribution < -0.4 is 5.32 Å². The largest absolute Gasteiger partial charge is 0.481 e. The third-order valence-electron chi connectivity index (χ3n) is 6.62. The van der Waals surface area contributed by atoms with Crippen LogP contribution in [0.3, 0.4) is 0 Å². The molecule has 4 rings (SSSR count). The summed E-state index contributed by atoms with van der Waals surface area (Å²) in [7, 11) is 0. The van der Waals surface area contributed by atoms with Crippen molar-refractivity contribution >= 4 is 18.2 Å². The van der Waals surface area contributed by atoms with Gasteiger partial charge in [0, 0.05) is 32.0 Å². The highest BCUT2D eigenvalue weighted by atomic mass is 16.6. The lowest BCUT2D eigenvalue weighted by molar-refractivity contribution is -0.138. The third-order valence-corrected chi connectivity index (χ3v) is 6.62. The van der Waals surface area contributed by atoms with Crippen LogP contribution in [0, 0.1) is 11.8 Å². The molecule has 2 N–H and O–H groups in total. The highest BCUT2D eigenvalue weighted by Crippen LogP contribution is 2.44. The molecule has 2 atom stereocenters. The average Bonchev–Trinajstić information content (AvgIpc) is 3.13. The molecule has 1 heterocycles. The molecule has 1 aliphatic carbocycles. The van der Waals surface area contributed by atoms with Crippen LogP contribution in [0.5, 0.6) is 0 Å². The van der Waals surface area contributed by atoms with Crippen molar-refractivity contribution in [3.05, 3.63) is 59.7 Å². The zero-order valence-electron chi connectivity index (χ0n) is 21.0. The van der Waals surface area contributed by atoms with Crippen LogP contribution in [0.1, 0.15) is 50.7 Å². The number of alkyl carbamates (subject to hydrolysis) is 1. The smallest absolute Gasteiger partial charge is 0.409 e. The first-order valence-corrected chi connectivity index (χ1v) is 12.4. The van der Waals surface area contributed by atoms with E-state index in [0.717, 1.165) is 22.3 Å². The second-order valence-corrected chi connectivity index (χ2v) is 10.7. The minimum absolute atomic E-state index is 0.0455. The van der Waals surface area contributed by atoms with Gasteiger partial charge in [0.1, 0.15) is 12.2 Å². The maximum absolute atomic E-state index is 13.1. The highest BCUT2D eigenvalue weighted by Gasteiger charge is 2.34. The number of carbonyl (C=O) groups excluding carboxylic acids is 2. The molecular weight excluding hydrogens is 460 g/mol. The summed E-state index contributed by atoms with van der Waals surface area (Å²) in [4.78, 5) is 38.2. The third kappa shape index (κ3) is 6.17. The van der Waals surface area contributed by atoms with Gasteiger partial charge in [-0.1, -0.05) is 48.5 Å². The fourth-order valence-corrected chi connectivity index (χ4v) is 5.24. The van der Waals surface area contributed by atoms with Gasteiger partial charge in [0.25, 0.3) is 0 Å². The number of benzene rings is 2. The van der Waals surface area contributed by atoms with Gasteiger partial charge in [-0.25, -0.2) is 9.59 Å². The van der Waals surface area contributed by atoms with Gasteiger partial charge in [-0.2, -0.15) is 0 Å². The van der Waals surface area contributed by atoms with Crippen molar-refractivity contribution in [3.63, 3.8) is 0 Å². The van der Waals surface area contributed by atoms with Crippen LogP contribution in [0.2, 0.25) is 0 Å². The predicted molar refractivity (Wildman–Crippen MR) is 135 cm³/mol. The Balaban J connectivity index is 1.40. The van der Waals surface area contributed by atoms with Crippen LogP contribution in [0.15, 0.2) is 48.5 Å². The fourth-order valence-electron chi connectivity index (χ4n) is 5.24. The summed E-state index contributed by atoms with van der Waals surface area (Å²) >= 11 is 0. The molecule has 2 aromatic rings. The van der Waals surface area contributed by atoms with Crippen molar-refractivity contribution in [1.29, 1.82) is 0 Å². The van der Waals surface area contributed by atoms with Gasteiger partial charge in [0.05, 0.1) is 0 Å². The Morgan fingerprint density at radius 3 is 2.14 bits per heavy atom. The Hall–Kier alpha value is -3.55. The molecule has 1 fully saturated rings. The van der Waals surface area contributed by atoms with Crippen LogP contribution in [0.25, 0.3) is 11.1 Å². The van der Waals surface area contributed by atoms with Crippen molar-refractivity contribution < 1.29 is 29.0 Å². The van der Waals surface area contributed by atoms with Crippen LogP contribution in [-0.4, -0.2) is 60.0 Å². The molecule has 0 spiro atoms. The van der Waals surface area contributed by atoms with Gasteiger partial charge in [0.15, 0.2) is 0 Å². The number of rotatable bonds is 6. The Labute approximate surface area is 211 Å². The Kier molecular flexibility index (Phi) is 7.52. The standard InChI is InChI=1S/C28H34N2O6/c1-28(2,3)36-26(33)29-14-19-12-18(13-25(31)32)15-30(16-19)27(34)35-17-24-22-10-6-4-8-20(22)21-9-5-7-11-23(21)24/h4-11,18-19,24H,12-17H2,1-3H3,(H,29,33)(H,31,32). The molecule has 8 nitrogen and oxygen atoms in total. The van der Waals surface area contributed by atoms with Gasteiger partial charge < -0.3 is 24.8 Å². The molecule has 1 saturated heterocycles. The molecule has 1 aliphatic heterocycles. The monoisotopic (exact) mass is 494 g/mol. The summed E-state index contributed by atoms with van der Waals surface area (Å²) in [6.07, 6.45) is -0.449. The number of carbonyl (C=O) groups is 3. The number of aliphatic carboxylic acids is 1. The van der Waals surface area contributed by atoms with E-state index in [1.807, 2.05) is 24.3 Å². The molecule has 8 heteroatoms. The summed E-state index contributed by atoms with van der Waals surface area (Å²) in [6.45, 7) is 6.54. The molecule has 2 amide bonds. The number of likely N-dealkylation sites (tertiary alicyclic amines) is 1. The second-order valence-electron chi connectivity index (χ2n) is 10.7. The molecule has 0 saturated carbocycles. The summed E-state index contributed by atoms with van der Waals surface area (Å²) in [5.74, 6) is -1.28. The van der Waals surface area contributed by atoms with E-state index in [1.54, 1.807) is 25.7 Å². The normalized spacial score (nSPS) is 19.2. The molecule has 192 valence electrons. The van der Waals surface area contributed by atoms with Crippen molar-refractivity contribution in [2.45, 2.75) is 45.1 Å². The van der Waals surface area contributed by atoms with Crippen LogP contribution >= 0.6 is 0 Å². The van der Waals surface area contributed by atoms with E-state index in [0.29, 0.717) is 19.5 Å². The van der Waals surface area contributed by atoms with Crippen LogP contribution in [-0.2, 0) is 14.3 Å². The average molecular weight is 495 g/mol. The van der Waals surface area contributed by atoms with Gasteiger partial charge in [-0.3, -0.25) is 4.79 Å². The minimum atomic E-state index is -0.909. The maximum atomic E-state index is 13.1. The van der Waals surface area contributed by atoms with Gasteiger partial charge in [-0.05, 0) is 61.3 Å². The van der Waals surface area contributed by atoms with Crippen molar-refractivity contribution in [1.82, 2.24) is 10.2 Å². The fraction of sp³-hybridized carbons (Fsp3) is 0.464. The number of carboxylic acid groups (broad SMARTS) is 1. The Morgan fingerprint density at radius 1 is 0.972 bits per heavy atom. The van der Waals surface area contributed by atoms with Gasteiger partial charge in [-0.15, -0.1) is 0 Å². The predicted octanol–water partition coefficient (Wildman–Crippen LogP) is 4.87. The van der Waals surface area contributed by atoms with E-state index >= 15 is 0 Å². The number of nitrogens with zero attached hydrogens (tertiary/aromatic N) is 1. The quantitative estimate of drug-likeness (QED) is 0.593. The number of nitrogens with one attached hydrogen (secondary N) is 1. The van der Waals surface area contributed by atoms with Crippen molar-refractivity contribution in [3.8, 4) is 11.1 Å². The number of ether oxygens (including phenoxy) is 2. The van der Waals surface area contributed by atoms with Crippen molar-refractivity contribution in [2.75, 3.05) is 26.2 Å². The summed E-state index contributed by atoms with van der Waals surface area (Å²) in [5, 5.41) is 12.1. The summed E-state index contributed by atoms with van der Waals surface area (Å²) in [6, 6.07) is 16.3.